The lowest BCUT2D eigenvalue weighted by Crippen LogP contribution is -2.21. The standard InChI is InChI=1S/C28H32N4O/c1-3-7-21-14-15-31(17-21)19-26-25(23-8-5-4-6-9-23)16-29-28-27(26)30-20-32(28)18-22-10-12-24(33-2)13-11-22/h4-6,8-13,16,20-21H,3,7,14-15,17-19H2,1-2H3. The van der Waals surface area contributed by atoms with Crippen molar-refractivity contribution in [3.63, 3.8) is 0 Å². The topological polar surface area (TPSA) is 43.2 Å². The summed E-state index contributed by atoms with van der Waals surface area (Å²) in [7, 11) is 1.69. The third kappa shape index (κ3) is 4.64. The molecular weight excluding hydrogens is 408 g/mol. The first kappa shape index (κ1) is 21.7. The predicted octanol–water partition coefficient (Wildman–Crippen LogP) is 5.78. The summed E-state index contributed by atoms with van der Waals surface area (Å²) in [5.41, 5.74) is 6.85. The average molecular weight is 441 g/mol. The van der Waals surface area contributed by atoms with Crippen LogP contribution < -0.4 is 4.74 Å². The Balaban J connectivity index is 1.50. The lowest BCUT2D eigenvalue weighted by molar-refractivity contribution is 0.314. The first-order valence-corrected chi connectivity index (χ1v) is 12.0. The van der Waals surface area contributed by atoms with Gasteiger partial charge in [-0.25, -0.2) is 9.97 Å². The van der Waals surface area contributed by atoms with E-state index in [1.807, 2.05) is 24.7 Å². The minimum Gasteiger partial charge on any atom is -0.497 e. The SMILES string of the molecule is CCCC1CCN(Cc2c(-c3ccccc3)cnc3c2ncn3Cc2ccc(OC)cc2)C1. The Bertz CT molecular complexity index is 1200. The summed E-state index contributed by atoms with van der Waals surface area (Å²) >= 11 is 0. The van der Waals surface area contributed by atoms with Gasteiger partial charge in [0.2, 0.25) is 0 Å². The molecule has 5 nitrogen and oxygen atoms in total. The van der Waals surface area contributed by atoms with Crippen LogP contribution in [0.2, 0.25) is 0 Å². The molecule has 33 heavy (non-hydrogen) atoms. The van der Waals surface area contributed by atoms with E-state index in [9.17, 15) is 0 Å². The van der Waals surface area contributed by atoms with Crippen LogP contribution >= 0.6 is 0 Å². The molecule has 4 aromatic rings. The molecule has 3 heterocycles. The molecule has 2 aromatic heterocycles. The Morgan fingerprint density at radius 3 is 2.58 bits per heavy atom. The highest BCUT2D eigenvalue weighted by Gasteiger charge is 2.24. The first-order valence-electron chi connectivity index (χ1n) is 12.0. The highest BCUT2D eigenvalue weighted by atomic mass is 16.5. The van der Waals surface area contributed by atoms with Crippen LogP contribution in [0.3, 0.4) is 0 Å². The number of hydrogen-bond donors (Lipinski definition) is 0. The quantitative estimate of drug-likeness (QED) is 0.348. The van der Waals surface area contributed by atoms with Gasteiger partial charge in [-0.1, -0.05) is 55.8 Å². The number of imidazole rings is 1. The number of aromatic nitrogens is 3. The second kappa shape index (κ2) is 9.75. The molecule has 170 valence electrons. The van der Waals surface area contributed by atoms with Crippen molar-refractivity contribution in [2.45, 2.75) is 39.3 Å². The van der Waals surface area contributed by atoms with Crippen molar-refractivity contribution in [1.82, 2.24) is 19.4 Å². The molecule has 1 unspecified atom stereocenters. The molecule has 1 aliphatic heterocycles. The van der Waals surface area contributed by atoms with E-state index in [4.69, 9.17) is 14.7 Å². The van der Waals surface area contributed by atoms with Crippen LogP contribution in [-0.2, 0) is 13.1 Å². The van der Waals surface area contributed by atoms with Crippen LogP contribution in [0.5, 0.6) is 5.75 Å². The molecular formula is C28H32N4O. The molecule has 2 aromatic carbocycles. The van der Waals surface area contributed by atoms with Gasteiger partial charge in [0.15, 0.2) is 5.65 Å². The van der Waals surface area contributed by atoms with Crippen LogP contribution in [-0.4, -0.2) is 39.6 Å². The Labute approximate surface area is 196 Å². The van der Waals surface area contributed by atoms with Crippen molar-refractivity contribution in [2.75, 3.05) is 20.2 Å². The molecule has 1 saturated heterocycles. The van der Waals surface area contributed by atoms with E-state index in [1.54, 1.807) is 7.11 Å². The number of likely N-dealkylation sites (tertiary alicyclic amines) is 1. The molecule has 0 aliphatic carbocycles. The third-order valence-electron chi connectivity index (χ3n) is 6.78. The molecule has 0 radical (unpaired) electrons. The van der Waals surface area contributed by atoms with Crippen LogP contribution in [0.1, 0.15) is 37.3 Å². The van der Waals surface area contributed by atoms with E-state index in [0.717, 1.165) is 42.5 Å². The smallest absolute Gasteiger partial charge is 0.160 e. The van der Waals surface area contributed by atoms with E-state index >= 15 is 0 Å². The van der Waals surface area contributed by atoms with Crippen molar-refractivity contribution in [3.05, 3.63) is 78.2 Å². The van der Waals surface area contributed by atoms with Gasteiger partial charge in [-0.15, -0.1) is 0 Å². The monoisotopic (exact) mass is 440 g/mol. The zero-order valence-corrected chi connectivity index (χ0v) is 19.6. The summed E-state index contributed by atoms with van der Waals surface area (Å²) in [5, 5.41) is 0. The molecule has 1 fully saturated rings. The Hall–Kier alpha value is -3.18. The van der Waals surface area contributed by atoms with Crippen molar-refractivity contribution in [1.29, 1.82) is 0 Å². The number of rotatable bonds is 8. The van der Waals surface area contributed by atoms with E-state index in [0.29, 0.717) is 0 Å². The van der Waals surface area contributed by atoms with Crippen LogP contribution in [0.15, 0.2) is 67.1 Å². The van der Waals surface area contributed by atoms with Gasteiger partial charge in [0.25, 0.3) is 0 Å². The Kier molecular flexibility index (Phi) is 6.40. The van der Waals surface area contributed by atoms with E-state index in [2.05, 4.69) is 58.9 Å². The van der Waals surface area contributed by atoms with Gasteiger partial charge in [0, 0.05) is 30.4 Å². The molecule has 0 N–H and O–H groups in total. The maximum Gasteiger partial charge on any atom is 0.160 e. The summed E-state index contributed by atoms with van der Waals surface area (Å²) in [6, 6.07) is 18.8. The number of ether oxygens (including phenoxy) is 1. The number of pyridine rings is 1. The van der Waals surface area contributed by atoms with Crippen LogP contribution in [0.4, 0.5) is 0 Å². The minimum atomic E-state index is 0.736. The van der Waals surface area contributed by atoms with Crippen molar-refractivity contribution >= 4 is 11.2 Å². The van der Waals surface area contributed by atoms with Gasteiger partial charge in [0.1, 0.15) is 11.3 Å². The fraction of sp³-hybridized carbons (Fsp3) is 0.357. The molecule has 0 amide bonds. The summed E-state index contributed by atoms with van der Waals surface area (Å²) in [6.07, 6.45) is 7.87. The molecule has 5 heteroatoms. The first-order chi connectivity index (χ1) is 16.2. The predicted molar refractivity (Wildman–Crippen MR) is 133 cm³/mol. The Morgan fingerprint density at radius 1 is 1.00 bits per heavy atom. The van der Waals surface area contributed by atoms with Gasteiger partial charge in [-0.3, -0.25) is 4.90 Å². The zero-order chi connectivity index (χ0) is 22.6. The molecule has 1 aliphatic rings. The summed E-state index contributed by atoms with van der Waals surface area (Å²) in [6.45, 7) is 6.29. The lowest BCUT2D eigenvalue weighted by Gasteiger charge is -2.19. The van der Waals surface area contributed by atoms with Gasteiger partial charge < -0.3 is 9.30 Å². The van der Waals surface area contributed by atoms with Gasteiger partial charge in [-0.05, 0) is 48.6 Å². The van der Waals surface area contributed by atoms with E-state index in [1.165, 1.54) is 48.1 Å². The van der Waals surface area contributed by atoms with Crippen molar-refractivity contribution in [2.24, 2.45) is 5.92 Å². The molecule has 1 atom stereocenters. The van der Waals surface area contributed by atoms with Gasteiger partial charge >= 0.3 is 0 Å². The normalized spacial score (nSPS) is 16.5. The molecule has 0 spiro atoms. The fourth-order valence-electron chi connectivity index (χ4n) is 5.05. The van der Waals surface area contributed by atoms with Gasteiger partial charge in [-0.2, -0.15) is 0 Å². The van der Waals surface area contributed by atoms with Crippen LogP contribution in [0.25, 0.3) is 22.3 Å². The minimum absolute atomic E-state index is 0.736. The second-order valence-electron chi connectivity index (χ2n) is 9.09. The second-order valence-corrected chi connectivity index (χ2v) is 9.09. The zero-order valence-electron chi connectivity index (χ0n) is 19.6. The van der Waals surface area contributed by atoms with Crippen molar-refractivity contribution < 1.29 is 4.74 Å². The molecule has 0 bridgehead atoms. The number of fused-ring (bicyclic) bond motifs is 1. The largest absolute Gasteiger partial charge is 0.497 e. The van der Waals surface area contributed by atoms with Crippen LogP contribution in [0, 0.1) is 5.92 Å². The molecule has 5 rings (SSSR count). The maximum atomic E-state index is 5.30. The Morgan fingerprint density at radius 2 is 1.82 bits per heavy atom. The van der Waals surface area contributed by atoms with Crippen molar-refractivity contribution in [3.8, 4) is 16.9 Å². The van der Waals surface area contributed by atoms with Gasteiger partial charge in [0.05, 0.1) is 20.0 Å². The number of hydrogen-bond acceptors (Lipinski definition) is 4. The fourth-order valence-corrected chi connectivity index (χ4v) is 5.05. The number of benzene rings is 2. The summed E-state index contributed by atoms with van der Waals surface area (Å²) < 4.78 is 7.45. The summed E-state index contributed by atoms with van der Waals surface area (Å²) in [5.74, 6) is 1.69. The third-order valence-corrected chi connectivity index (χ3v) is 6.78. The van der Waals surface area contributed by atoms with E-state index < -0.39 is 0 Å². The summed E-state index contributed by atoms with van der Waals surface area (Å²) in [4.78, 5) is 12.4. The number of methoxy groups -OCH3 is 1. The highest BCUT2D eigenvalue weighted by Crippen LogP contribution is 2.32. The lowest BCUT2D eigenvalue weighted by atomic mass is 10.0. The molecule has 0 saturated carbocycles. The highest BCUT2D eigenvalue weighted by molar-refractivity contribution is 5.84. The number of nitrogens with zero attached hydrogens (tertiary/aromatic N) is 4. The van der Waals surface area contributed by atoms with E-state index in [-0.39, 0.29) is 0 Å². The average Bonchev–Trinajstić information content (AvgIpc) is 3.48. The maximum absolute atomic E-state index is 5.30.